The maximum absolute atomic E-state index is 11.6. The van der Waals surface area contributed by atoms with E-state index < -0.39 is 5.60 Å². The van der Waals surface area contributed by atoms with Gasteiger partial charge in [0, 0.05) is 5.56 Å². The van der Waals surface area contributed by atoms with E-state index in [0.717, 1.165) is 0 Å². The van der Waals surface area contributed by atoms with E-state index in [9.17, 15) is 9.59 Å². The van der Waals surface area contributed by atoms with Gasteiger partial charge in [-0.3, -0.25) is 9.59 Å². The number of hydrogen-bond donors (Lipinski definition) is 1. The number of carbonyl (C=O) groups is 2. The molecule has 1 amide bonds. The molecule has 0 fully saturated rings. The molecule has 0 aromatic heterocycles. The second kappa shape index (κ2) is 3.33. The molecule has 84 valence electrons. The largest absolute Gasteiger partial charge is 0.476 e. The number of amides is 1. The molecule has 0 radical (unpaired) electrons. The molecule has 0 unspecified atom stereocenters. The third-order valence-electron chi connectivity index (χ3n) is 2.55. The van der Waals surface area contributed by atoms with Crippen molar-refractivity contribution in [2.75, 3.05) is 5.32 Å². The molecule has 0 atom stereocenters. The summed E-state index contributed by atoms with van der Waals surface area (Å²) in [5, 5.41) is 2.74. The first kappa shape index (κ1) is 10.7. The quantitative estimate of drug-likeness (QED) is 0.735. The van der Waals surface area contributed by atoms with Gasteiger partial charge in [0.15, 0.2) is 11.4 Å². The summed E-state index contributed by atoms with van der Waals surface area (Å²) in [7, 11) is 0. The summed E-state index contributed by atoms with van der Waals surface area (Å²) in [6.45, 7) is 4.87. The SMILES string of the molecule is CC(=O)c1ccc2c(c1)OC(C)(C)C(=O)N2. The summed E-state index contributed by atoms with van der Waals surface area (Å²) in [6, 6.07) is 5.00. The molecule has 4 nitrogen and oxygen atoms in total. The lowest BCUT2D eigenvalue weighted by molar-refractivity contribution is -0.129. The highest BCUT2D eigenvalue weighted by atomic mass is 16.5. The molecule has 0 saturated carbocycles. The number of Topliss-reactive ketones (excluding diaryl/α,β-unsaturated/α-hetero) is 1. The maximum atomic E-state index is 11.6. The van der Waals surface area contributed by atoms with Crippen LogP contribution in [-0.4, -0.2) is 17.3 Å². The summed E-state index contributed by atoms with van der Waals surface area (Å²) >= 11 is 0. The highest BCUT2D eigenvalue weighted by Gasteiger charge is 2.35. The molecule has 1 aliphatic rings. The Hall–Kier alpha value is -1.84. The fourth-order valence-corrected chi connectivity index (χ4v) is 1.52. The van der Waals surface area contributed by atoms with Crippen LogP contribution in [0.5, 0.6) is 5.75 Å². The fraction of sp³-hybridized carbons (Fsp3) is 0.333. The van der Waals surface area contributed by atoms with Crippen molar-refractivity contribution in [3.05, 3.63) is 23.8 Å². The van der Waals surface area contributed by atoms with E-state index in [0.29, 0.717) is 17.0 Å². The van der Waals surface area contributed by atoms with Crippen molar-refractivity contribution in [1.82, 2.24) is 0 Å². The molecule has 1 aromatic carbocycles. The van der Waals surface area contributed by atoms with Gasteiger partial charge >= 0.3 is 0 Å². The van der Waals surface area contributed by atoms with Gasteiger partial charge in [0.2, 0.25) is 0 Å². The Labute approximate surface area is 93.6 Å². The van der Waals surface area contributed by atoms with E-state index in [4.69, 9.17) is 4.74 Å². The third kappa shape index (κ3) is 1.66. The van der Waals surface area contributed by atoms with Crippen molar-refractivity contribution in [3.63, 3.8) is 0 Å². The number of ketones is 1. The lowest BCUT2D eigenvalue weighted by atomic mass is 10.0. The maximum Gasteiger partial charge on any atom is 0.268 e. The Balaban J connectivity index is 2.45. The monoisotopic (exact) mass is 219 g/mol. The topological polar surface area (TPSA) is 55.4 Å². The van der Waals surface area contributed by atoms with Crippen LogP contribution in [0, 0.1) is 0 Å². The van der Waals surface area contributed by atoms with Crippen LogP contribution in [0.3, 0.4) is 0 Å². The first-order valence-electron chi connectivity index (χ1n) is 5.05. The highest BCUT2D eigenvalue weighted by Crippen LogP contribution is 2.34. The first-order chi connectivity index (χ1) is 7.40. The molecule has 0 aliphatic carbocycles. The first-order valence-corrected chi connectivity index (χ1v) is 5.05. The Morgan fingerprint density at radius 2 is 2.06 bits per heavy atom. The molecule has 0 saturated heterocycles. The van der Waals surface area contributed by atoms with E-state index in [2.05, 4.69) is 5.32 Å². The van der Waals surface area contributed by atoms with Crippen molar-refractivity contribution >= 4 is 17.4 Å². The number of nitrogens with one attached hydrogen (secondary N) is 1. The molecule has 1 aliphatic heterocycles. The molecule has 1 heterocycles. The van der Waals surface area contributed by atoms with Gasteiger partial charge in [0.25, 0.3) is 5.91 Å². The van der Waals surface area contributed by atoms with E-state index in [1.54, 1.807) is 32.0 Å². The zero-order valence-corrected chi connectivity index (χ0v) is 9.46. The zero-order valence-electron chi connectivity index (χ0n) is 9.46. The number of ether oxygens (including phenoxy) is 1. The van der Waals surface area contributed by atoms with Crippen LogP contribution >= 0.6 is 0 Å². The number of hydrogen-bond acceptors (Lipinski definition) is 3. The average molecular weight is 219 g/mol. The Morgan fingerprint density at radius 3 is 2.69 bits per heavy atom. The number of rotatable bonds is 1. The zero-order chi connectivity index (χ0) is 11.9. The third-order valence-corrected chi connectivity index (χ3v) is 2.55. The normalized spacial score (nSPS) is 17.1. The predicted octanol–water partition coefficient (Wildman–Crippen LogP) is 2.00. The molecule has 4 heteroatoms. The van der Waals surface area contributed by atoms with Crippen molar-refractivity contribution in [2.45, 2.75) is 26.4 Å². The summed E-state index contributed by atoms with van der Waals surface area (Å²) in [5.74, 6) is 0.328. The Bertz CT molecular complexity index is 477. The van der Waals surface area contributed by atoms with Crippen molar-refractivity contribution < 1.29 is 14.3 Å². The van der Waals surface area contributed by atoms with Crippen LogP contribution in [-0.2, 0) is 4.79 Å². The van der Waals surface area contributed by atoms with E-state index in [1.165, 1.54) is 6.92 Å². The Morgan fingerprint density at radius 1 is 1.38 bits per heavy atom. The van der Waals surface area contributed by atoms with Gasteiger partial charge in [-0.1, -0.05) is 0 Å². The van der Waals surface area contributed by atoms with Crippen molar-refractivity contribution in [2.24, 2.45) is 0 Å². The lowest BCUT2D eigenvalue weighted by Crippen LogP contribution is -2.45. The van der Waals surface area contributed by atoms with Gasteiger partial charge in [0.1, 0.15) is 5.75 Å². The molecular weight excluding hydrogens is 206 g/mol. The number of anilines is 1. The summed E-state index contributed by atoms with van der Waals surface area (Å²) < 4.78 is 5.56. The number of fused-ring (bicyclic) bond motifs is 1. The van der Waals surface area contributed by atoms with Crippen LogP contribution < -0.4 is 10.1 Å². The van der Waals surface area contributed by atoms with E-state index in [1.807, 2.05) is 0 Å². The minimum atomic E-state index is -0.900. The summed E-state index contributed by atoms with van der Waals surface area (Å²) in [4.78, 5) is 22.8. The van der Waals surface area contributed by atoms with Gasteiger partial charge in [-0.2, -0.15) is 0 Å². The smallest absolute Gasteiger partial charge is 0.268 e. The highest BCUT2D eigenvalue weighted by molar-refractivity contribution is 6.01. The second-order valence-corrected chi connectivity index (χ2v) is 4.33. The van der Waals surface area contributed by atoms with Crippen LogP contribution in [0.25, 0.3) is 0 Å². The van der Waals surface area contributed by atoms with Gasteiger partial charge in [-0.25, -0.2) is 0 Å². The summed E-state index contributed by atoms with van der Waals surface area (Å²) in [5.41, 5.74) is 0.280. The molecule has 0 bridgehead atoms. The van der Waals surface area contributed by atoms with Gasteiger partial charge in [0.05, 0.1) is 5.69 Å². The van der Waals surface area contributed by atoms with Gasteiger partial charge < -0.3 is 10.1 Å². The van der Waals surface area contributed by atoms with Gasteiger partial charge in [-0.15, -0.1) is 0 Å². The number of carbonyl (C=O) groups excluding carboxylic acids is 2. The molecular formula is C12H13NO3. The van der Waals surface area contributed by atoms with Gasteiger partial charge in [-0.05, 0) is 39.0 Å². The predicted molar refractivity (Wildman–Crippen MR) is 59.8 cm³/mol. The van der Waals surface area contributed by atoms with Crippen molar-refractivity contribution in [3.8, 4) is 5.75 Å². The second-order valence-electron chi connectivity index (χ2n) is 4.33. The lowest BCUT2D eigenvalue weighted by Gasteiger charge is -2.31. The number of benzene rings is 1. The standard InChI is InChI=1S/C12H13NO3/c1-7(14)8-4-5-9-10(6-8)16-12(2,3)11(15)13-9/h4-6H,1-3H3,(H,13,15). The van der Waals surface area contributed by atoms with Crippen LogP contribution in [0.2, 0.25) is 0 Å². The molecule has 2 rings (SSSR count). The van der Waals surface area contributed by atoms with E-state index in [-0.39, 0.29) is 11.7 Å². The Kier molecular flexibility index (Phi) is 2.22. The molecule has 16 heavy (non-hydrogen) atoms. The van der Waals surface area contributed by atoms with E-state index >= 15 is 0 Å². The van der Waals surface area contributed by atoms with Crippen LogP contribution in [0.4, 0.5) is 5.69 Å². The van der Waals surface area contributed by atoms with Crippen molar-refractivity contribution in [1.29, 1.82) is 0 Å². The minimum Gasteiger partial charge on any atom is -0.476 e. The minimum absolute atomic E-state index is 0.0268. The summed E-state index contributed by atoms with van der Waals surface area (Å²) in [6.07, 6.45) is 0. The molecule has 1 aromatic rings. The molecule has 1 N–H and O–H groups in total. The molecule has 0 spiro atoms. The average Bonchev–Trinajstić information content (AvgIpc) is 2.18. The van der Waals surface area contributed by atoms with Crippen LogP contribution in [0.1, 0.15) is 31.1 Å². The fourth-order valence-electron chi connectivity index (χ4n) is 1.52. The van der Waals surface area contributed by atoms with Crippen LogP contribution in [0.15, 0.2) is 18.2 Å².